The van der Waals surface area contributed by atoms with Gasteiger partial charge in [0.25, 0.3) is 5.91 Å². The van der Waals surface area contributed by atoms with Gasteiger partial charge in [-0.25, -0.2) is 4.98 Å². The number of carboxylic acid groups (broad SMARTS) is 1. The fraction of sp³-hybridized carbons (Fsp3) is 0.353. The van der Waals surface area contributed by atoms with Gasteiger partial charge in [-0.1, -0.05) is 12.1 Å². The SMILES string of the molecule is Cc1nc(CSc2ccccc2C(=O)NCCCCC(=O)O)cs1. The number of nitrogens with zero attached hydrogens (tertiary/aromatic N) is 1. The maximum atomic E-state index is 12.3. The molecule has 0 saturated carbocycles. The molecule has 2 aromatic rings. The summed E-state index contributed by atoms with van der Waals surface area (Å²) < 4.78 is 0. The highest BCUT2D eigenvalue weighted by Crippen LogP contribution is 2.26. The van der Waals surface area contributed by atoms with Crippen molar-refractivity contribution in [2.75, 3.05) is 6.54 Å². The first-order valence-electron chi connectivity index (χ1n) is 7.69. The van der Waals surface area contributed by atoms with Crippen LogP contribution in [0.5, 0.6) is 0 Å². The van der Waals surface area contributed by atoms with Crippen LogP contribution in [0.4, 0.5) is 0 Å². The summed E-state index contributed by atoms with van der Waals surface area (Å²) in [6.45, 7) is 2.46. The molecule has 0 aliphatic rings. The number of aryl methyl sites for hydroxylation is 1. The standard InChI is InChI=1S/C17H20N2O3S2/c1-12-19-13(10-23-12)11-24-15-7-3-2-6-14(15)17(22)18-9-5-4-8-16(20)21/h2-3,6-7,10H,4-5,8-9,11H2,1H3,(H,18,22)(H,20,21). The molecule has 0 aliphatic heterocycles. The molecule has 0 fully saturated rings. The maximum absolute atomic E-state index is 12.3. The second-order valence-electron chi connectivity index (χ2n) is 5.25. The number of thioether (sulfide) groups is 1. The molecule has 0 spiro atoms. The van der Waals surface area contributed by atoms with Crippen LogP contribution in [0.3, 0.4) is 0 Å². The Balaban J connectivity index is 1.87. The highest BCUT2D eigenvalue weighted by Gasteiger charge is 2.11. The zero-order chi connectivity index (χ0) is 17.4. The Morgan fingerprint density at radius 2 is 2.08 bits per heavy atom. The van der Waals surface area contributed by atoms with Gasteiger partial charge in [-0.2, -0.15) is 0 Å². The number of hydrogen-bond donors (Lipinski definition) is 2. The Labute approximate surface area is 149 Å². The quantitative estimate of drug-likeness (QED) is 0.523. The lowest BCUT2D eigenvalue weighted by Crippen LogP contribution is -2.25. The van der Waals surface area contributed by atoms with E-state index >= 15 is 0 Å². The molecule has 2 rings (SSSR count). The zero-order valence-electron chi connectivity index (χ0n) is 13.4. The lowest BCUT2D eigenvalue weighted by atomic mass is 10.2. The van der Waals surface area contributed by atoms with Gasteiger partial charge in [0.1, 0.15) is 0 Å². The number of nitrogens with one attached hydrogen (secondary N) is 1. The van der Waals surface area contributed by atoms with Crippen molar-refractivity contribution in [2.45, 2.75) is 36.8 Å². The smallest absolute Gasteiger partial charge is 0.303 e. The predicted octanol–water partition coefficient (Wildman–Crippen LogP) is 3.73. The minimum Gasteiger partial charge on any atom is -0.481 e. The first-order valence-corrected chi connectivity index (χ1v) is 9.55. The van der Waals surface area contributed by atoms with E-state index in [0.717, 1.165) is 21.3 Å². The molecule has 1 amide bonds. The van der Waals surface area contributed by atoms with Crippen LogP contribution in [0.2, 0.25) is 0 Å². The molecule has 2 N–H and O–H groups in total. The normalized spacial score (nSPS) is 10.5. The van der Waals surface area contributed by atoms with E-state index in [9.17, 15) is 9.59 Å². The van der Waals surface area contributed by atoms with E-state index in [1.165, 1.54) is 0 Å². The van der Waals surface area contributed by atoms with Crippen LogP contribution < -0.4 is 5.32 Å². The van der Waals surface area contributed by atoms with Crippen molar-refractivity contribution in [3.63, 3.8) is 0 Å². The highest BCUT2D eigenvalue weighted by atomic mass is 32.2. The van der Waals surface area contributed by atoms with E-state index in [1.54, 1.807) is 29.2 Å². The number of benzene rings is 1. The van der Waals surface area contributed by atoms with Crippen molar-refractivity contribution >= 4 is 35.0 Å². The Kier molecular flexibility index (Phi) is 7.27. The molecule has 0 radical (unpaired) electrons. The summed E-state index contributed by atoms with van der Waals surface area (Å²) in [7, 11) is 0. The Hall–Kier alpha value is -1.86. The number of amides is 1. The molecule has 0 aliphatic carbocycles. The summed E-state index contributed by atoms with van der Waals surface area (Å²) in [5, 5.41) is 14.5. The monoisotopic (exact) mass is 364 g/mol. The third kappa shape index (κ3) is 5.98. The summed E-state index contributed by atoms with van der Waals surface area (Å²) in [6.07, 6.45) is 1.36. The highest BCUT2D eigenvalue weighted by molar-refractivity contribution is 7.98. The second-order valence-corrected chi connectivity index (χ2v) is 7.33. The second kappa shape index (κ2) is 9.44. The largest absolute Gasteiger partial charge is 0.481 e. The molecule has 1 heterocycles. The number of aromatic nitrogens is 1. The number of unbranched alkanes of at least 4 members (excludes halogenated alkanes) is 1. The molecule has 1 aromatic heterocycles. The first-order chi connectivity index (χ1) is 11.6. The molecule has 1 aromatic carbocycles. The van der Waals surface area contributed by atoms with Gasteiger partial charge in [-0.05, 0) is 31.9 Å². The van der Waals surface area contributed by atoms with Crippen LogP contribution in [-0.2, 0) is 10.5 Å². The molecule has 7 heteroatoms. The van der Waals surface area contributed by atoms with Gasteiger partial charge in [0.15, 0.2) is 0 Å². The van der Waals surface area contributed by atoms with Crippen LogP contribution >= 0.6 is 23.1 Å². The number of rotatable bonds is 9. The number of aliphatic carboxylic acids is 1. The Morgan fingerprint density at radius 1 is 1.29 bits per heavy atom. The van der Waals surface area contributed by atoms with Gasteiger partial charge in [0.2, 0.25) is 0 Å². The number of carbonyl (C=O) groups excluding carboxylic acids is 1. The average molecular weight is 364 g/mol. The fourth-order valence-electron chi connectivity index (χ4n) is 2.10. The van der Waals surface area contributed by atoms with Gasteiger partial charge < -0.3 is 10.4 Å². The molecular formula is C17H20N2O3S2. The number of carbonyl (C=O) groups is 2. The van der Waals surface area contributed by atoms with Gasteiger partial charge in [-0.3, -0.25) is 9.59 Å². The van der Waals surface area contributed by atoms with Crippen LogP contribution in [0, 0.1) is 6.92 Å². The summed E-state index contributed by atoms with van der Waals surface area (Å²) in [6, 6.07) is 7.50. The van der Waals surface area contributed by atoms with E-state index in [0.29, 0.717) is 24.9 Å². The zero-order valence-corrected chi connectivity index (χ0v) is 15.1. The Bertz CT molecular complexity index is 701. The third-order valence-corrected chi connectivity index (χ3v) is 5.21. The summed E-state index contributed by atoms with van der Waals surface area (Å²) >= 11 is 3.22. The minimum atomic E-state index is -0.805. The topological polar surface area (TPSA) is 79.3 Å². The van der Waals surface area contributed by atoms with E-state index in [-0.39, 0.29) is 12.3 Å². The van der Waals surface area contributed by atoms with Crippen molar-refractivity contribution < 1.29 is 14.7 Å². The minimum absolute atomic E-state index is 0.122. The van der Waals surface area contributed by atoms with Crippen LogP contribution in [0.15, 0.2) is 34.5 Å². The number of carboxylic acids is 1. The lowest BCUT2D eigenvalue weighted by Gasteiger charge is -2.09. The van der Waals surface area contributed by atoms with E-state index in [2.05, 4.69) is 10.3 Å². The number of thiazole rings is 1. The van der Waals surface area contributed by atoms with Crippen LogP contribution in [0.25, 0.3) is 0 Å². The number of hydrogen-bond acceptors (Lipinski definition) is 5. The lowest BCUT2D eigenvalue weighted by molar-refractivity contribution is -0.137. The van der Waals surface area contributed by atoms with Crippen molar-refractivity contribution in [1.82, 2.24) is 10.3 Å². The van der Waals surface area contributed by atoms with Crippen molar-refractivity contribution in [1.29, 1.82) is 0 Å². The molecule has 128 valence electrons. The van der Waals surface area contributed by atoms with Gasteiger partial charge >= 0.3 is 5.97 Å². The molecule has 0 saturated heterocycles. The first kappa shape index (κ1) is 18.5. The third-order valence-electron chi connectivity index (χ3n) is 3.28. The summed E-state index contributed by atoms with van der Waals surface area (Å²) in [4.78, 5) is 28.1. The molecule has 0 bridgehead atoms. The van der Waals surface area contributed by atoms with Gasteiger partial charge in [-0.15, -0.1) is 23.1 Å². The van der Waals surface area contributed by atoms with Crippen molar-refractivity contribution in [3.8, 4) is 0 Å². The maximum Gasteiger partial charge on any atom is 0.303 e. The van der Waals surface area contributed by atoms with Crippen LogP contribution in [-0.4, -0.2) is 28.5 Å². The summed E-state index contributed by atoms with van der Waals surface area (Å²) in [5.41, 5.74) is 1.67. The van der Waals surface area contributed by atoms with Crippen molar-refractivity contribution in [3.05, 3.63) is 45.9 Å². The fourth-order valence-corrected chi connectivity index (χ4v) is 3.77. The molecule has 24 heavy (non-hydrogen) atoms. The molecule has 0 atom stereocenters. The molecule has 5 nitrogen and oxygen atoms in total. The predicted molar refractivity (Wildman–Crippen MR) is 96.7 cm³/mol. The van der Waals surface area contributed by atoms with E-state index in [1.807, 2.05) is 30.5 Å². The van der Waals surface area contributed by atoms with Crippen molar-refractivity contribution in [2.24, 2.45) is 0 Å². The summed E-state index contributed by atoms with van der Waals surface area (Å²) in [5.74, 6) is -0.198. The van der Waals surface area contributed by atoms with E-state index in [4.69, 9.17) is 5.11 Å². The Morgan fingerprint density at radius 3 is 2.79 bits per heavy atom. The van der Waals surface area contributed by atoms with E-state index < -0.39 is 5.97 Å². The van der Waals surface area contributed by atoms with Gasteiger partial charge in [0.05, 0.1) is 16.3 Å². The molecule has 0 unspecified atom stereocenters. The van der Waals surface area contributed by atoms with Crippen LogP contribution in [0.1, 0.15) is 40.3 Å². The van der Waals surface area contributed by atoms with Gasteiger partial charge in [0, 0.05) is 29.0 Å². The average Bonchev–Trinajstić information content (AvgIpc) is 2.98. The molecular weight excluding hydrogens is 344 g/mol.